The van der Waals surface area contributed by atoms with Crippen LogP contribution in [-0.2, 0) is 4.79 Å². The third kappa shape index (κ3) is 4.97. The molecule has 0 spiro atoms. The summed E-state index contributed by atoms with van der Waals surface area (Å²) in [4.78, 5) is 16.5. The molecule has 1 N–H and O–H groups in total. The molecule has 0 aliphatic heterocycles. The van der Waals surface area contributed by atoms with Crippen molar-refractivity contribution in [1.29, 1.82) is 0 Å². The maximum atomic E-state index is 13.4. The highest BCUT2D eigenvalue weighted by atomic mass is 32.2. The van der Waals surface area contributed by atoms with Gasteiger partial charge in [0.2, 0.25) is 5.91 Å². The molecule has 2 aromatic carbocycles. The molecule has 0 fully saturated rings. The summed E-state index contributed by atoms with van der Waals surface area (Å²) in [5.74, 6) is 0.340. The van der Waals surface area contributed by atoms with Crippen molar-refractivity contribution in [1.82, 2.24) is 25.1 Å². The van der Waals surface area contributed by atoms with Crippen LogP contribution in [0.3, 0.4) is 0 Å². The van der Waals surface area contributed by atoms with Crippen LogP contribution in [0.15, 0.2) is 84.3 Å². The second-order valence-electron chi connectivity index (χ2n) is 6.84. The number of nitrogens with zero attached hydrogens (tertiary/aromatic N) is 4. The van der Waals surface area contributed by atoms with Gasteiger partial charge < -0.3 is 5.32 Å². The first-order valence-electron chi connectivity index (χ1n) is 9.70. The standard InChI is InChI=1S/C23H20FN5OS/c1-16(17-11-13-25-14-12-17)26-21(30)15-31-23-28-27-22(18-7-9-19(24)10-8-18)29(23)20-5-3-2-4-6-20/h2-14,16H,15H2,1H3,(H,26,30). The highest BCUT2D eigenvalue weighted by Gasteiger charge is 2.18. The van der Waals surface area contributed by atoms with Gasteiger partial charge in [0.25, 0.3) is 0 Å². The van der Waals surface area contributed by atoms with Crippen LogP contribution in [0.2, 0.25) is 0 Å². The average molecular weight is 434 g/mol. The Bertz CT molecular complexity index is 1150. The zero-order chi connectivity index (χ0) is 21.6. The summed E-state index contributed by atoms with van der Waals surface area (Å²) in [6.45, 7) is 1.93. The first-order chi connectivity index (χ1) is 15.1. The van der Waals surface area contributed by atoms with Gasteiger partial charge >= 0.3 is 0 Å². The zero-order valence-corrected chi connectivity index (χ0v) is 17.6. The van der Waals surface area contributed by atoms with Crippen LogP contribution < -0.4 is 5.32 Å². The van der Waals surface area contributed by atoms with Gasteiger partial charge in [0.15, 0.2) is 11.0 Å². The molecular weight excluding hydrogens is 413 g/mol. The van der Waals surface area contributed by atoms with Gasteiger partial charge in [0.1, 0.15) is 5.82 Å². The minimum Gasteiger partial charge on any atom is -0.349 e. The second kappa shape index (κ2) is 9.53. The number of aromatic nitrogens is 4. The fourth-order valence-electron chi connectivity index (χ4n) is 3.11. The van der Waals surface area contributed by atoms with E-state index >= 15 is 0 Å². The maximum Gasteiger partial charge on any atom is 0.230 e. The molecule has 156 valence electrons. The molecule has 0 aliphatic carbocycles. The smallest absolute Gasteiger partial charge is 0.230 e. The van der Waals surface area contributed by atoms with Crippen LogP contribution in [0.5, 0.6) is 0 Å². The lowest BCUT2D eigenvalue weighted by molar-refractivity contribution is -0.119. The molecule has 6 nitrogen and oxygen atoms in total. The molecule has 4 aromatic rings. The third-order valence-electron chi connectivity index (χ3n) is 4.67. The molecule has 2 aromatic heterocycles. The summed E-state index contributed by atoms with van der Waals surface area (Å²) >= 11 is 1.30. The predicted octanol–water partition coefficient (Wildman–Crippen LogP) is 4.44. The fourth-order valence-corrected chi connectivity index (χ4v) is 3.87. The quantitative estimate of drug-likeness (QED) is 0.436. The van der Waals surface area contributed by atoms with E-state index in [0.29, 0.717) is 11.0 Å². The van der Waals surface area contributed by atoms with Crippen molar-refractivity contribution in [3.05, 3.63) is 90.5 Å². The number of benzene rings is 2. The SMILES string of the molecule is CC(NC(=O)CSc1nnc(-c2ccc(F)cc2)n1-c1ccccc1)c1ccncc1. The Morgan fingerprint density at radius 2 is 1.74 bits per heavy atom. The molecule has 0 saturated carbocycles. The van der Waals surface area contributed by atoms with Gasteiger partial charge in [-0.25, -0.2) is 4.39 Å². The highest BCUT2D eigenvalue weighted by molar-refractivity contribution is 7.99. The third-order valence-corrected chi connectivity index (χ3v) is 5.60. The fraction of sp³-hybridized carbons (Fsp3) is 0.130. The molecule has 0 saturated heterocycles. The van der Waals surface area contributed by atoms with Gasteiger partial charge in [-0.05, 0) is 61.0 Å². The van der Waals surface area contributed by atoms with E-state index in [-0.39, 0.29) is 23.5 Å². The van der Waals surface area contributed by atoms with Crippen molar-refractivity contribution in [2.24, 2.45) is 0 Å². The first-order valence-corrected chi connectivity index (χ1v) is 10.7. The number of nitrogens with one attached hydrogen (secondary N) is 1. The predicted molar refractivity (Wildman–Crippen MR) is 118 cm³/mol. The van der Waals surface area contributed by atoms with Crippen molar-refractivity contribution < 1.29 is 9.18 Å². The molecular formula is C23H20FN5OS. The van der Waals surface area contributed by atoms with Crippen molar-refractivity contribution >= 4 is 17.7 Å². The Kier molecular flexibility index (Phi) is 6.37. The number of carbonyl (C=O) groups is 1. The van der Waals surface area contributed by atoms with E-state index < -0.39 is 0 Å². The normalized spacial score (nSPS) is 11.8. The van der Waals surface area contributed by atoms with Gasteiger partial charge in [-0.1, -0.05) is 30.0 Å². The largest absolute Gasteiger partial charge is 0.349 e. The summed E-state index contributed by atoms with van der Waals surface area (Å²) in [6.07, 6.45) is 3.40. The number of hydrogen-bond acceptors (Lipinski definition) is 5. The van der Waals surface area contributed by atoms with E-state index in [1.165, 1.54) is 23.9 Å². The lowest BCUT2D eigenvalue weighted by Crippen LogP contribution is -2.28. The number of rotatable bonds is 7. The van der Waals surface area contributed by atoms with E-state index in [1.807, 2.05) is 54.0 Å². The van der Waals surface area contributed by atoms with Crippen molar-refractivity contribution in [2.75, 3.05) is 5.75 Å². The Morgan fingerprint density at radius 3 is 2.45 bits per heavy atom. The highest BCUT2D eigenvalue weighted by Crippen LogP contribution is 2.28. The van der Waals surface area contributed by atoms with E-state index in [9.17, 15) is 9.18 Å². The van der Waals surface area contributed by atoms with Crippen LogP contribution in [-0.4, -0.2) is 31.4 Å². The first kappa shape index (κ1) is 20.7. The van der Waals surface area contributed by atoms with Gasteiger partial charge in [0.05, 0.1) is 11.8 Å². The number of thioether (sulfide) groups is 1. The van der Waals surface area contributed by atoms with Crippen molar-refractivity contribution in [3.8, 4) is 17.1 Å². The Morgan fingerprint density at radius 1 is 1.03 bits per heavy atom. The molecule has 1 amide bonds. The summed E-state index contributed by atoms with van der Waals surface area (Å²) in [7, 11) is 0. The summed E-state index contributed by atoms with van der Waals surface area (Å²) in [5.41, 5.74) is 2.58. The van der Waals surface area contributed by atoms with Crippen LogP contribution in [0.4, 0.5) is 4.39 Å². The molecule has 31 heavy (non-hydrogen) atoms. The number of hydrogen-bond donors (Lipinski definition) is 1. The zero-order valence-electron chi connectivity index (χ0n) is 16.8. The molecule has 1 atom stereocenters. The molecule has 0 aliphatic rings. The van der Waals surface area contributed by atoms with Crippen LogP contribution in [0, 0.1) is 5.82 Å². The molecule has 8 heteroatoms. The monoisotopic (exact) mass is 433 g/mol. The average Bonchev–Trinajstić information content (AvgIpc) is 3.23. The van der Waals surface area contributed by atoms with E-state index in [1.54, 1.807) is 24.5 Å². The molecule has 0 bridgehead atoms. The Labute approximate surface area is 183 Å². The van der Waals surface area contributed by atoms with Gasteiger partial charge in [0, 0.05) is 23.6 Å². The van der Waals surface area contributed by atoms with Gasteiger partial charge in [-0.2, -0.15) is 0 Å². The molecule has 0 radical (unpaired) electrons. The number of amides is 1. The number of carbonyl (C=O) groups excluding carboxylic acids is 1. The summed E-state index contributed by atoms with van der Waals surface area (Å²) < 4.78 is 15.2. The Hall–Kier alpha value is -3.52. The minimum absolute atomic E-state index is 0.111. The Balaban J connectivity index is 1.54. The van der Waals surface area contributed by atoms with E-state index in [2.05, 4.69) is 20.5 Å². The lowest BCUT2D eigenvalue weighted by atomic mass is 10.1. The second-order valence-corrected chi connectivity index (χ2v) is 7.78. The number of para-hydroxylation sites is 1. The number of pyridine rings is 1. The van der Waals surface area contributed by atoms with Crippen LogP contribution >= 0.6 is 11.8 Å². The molecule has 2 heterocycles. The maximum absolute atomic E-state index is 13.4. The summed E-state index contributed by atoms with van der Waals surface area (Å²) in [5, 5.41) is 12.2. The molecule has 1 unspecified atom stereocenters. The van der Waals surface area contributed by atoms with Gasteiger partial charge in [-0.3, -0.25) is 14.3 Å². The van der Waals surface area contributed by atoms with Crippen molar-refractivity contribution in [2.45, 2.75) is 18.1 Å². The molecule has 4 rings (SSSR count). The van der Waals surface area contributed by atoms with E-state index in [0.717, 1.165) is 16.8 Å². The van der Waals surface area contributed by atoms with Gasteiger partial charge in [-0.15, -0.1) is 10.2 Å². The van der Waals surface area contributed by atoms with Crippen LogP contribution in [0.25, 0.3) is 17.1 Å². The minimum atomic E-state index is -0.316. The van der Waals surface area contributed by atoms with Crippen LogP contribution in [0.1, 0.15) is 18.5 Å². The topological polar surface area (TPSA) is 72.7 Å². The lowest BCUT2D eigenvalue weighted by Gasteiger charge is -2.14. The number of halogens is 1. The van der Waals surface area contributed by atoms with E-state index in [4.69, 9.17) is 0 Å². The summed E-state index contributed by atoms with van der Waals surface area (Å²) in [6, 6.07) is 19.4. The van der Waals surface area contributed by atoms with Crippen molar-refractivity contribution in [3.63, 3.8) is 0 Å².